The highest BCUT2D eigenvalue weighted by Crippen LogP contribution is 2.10. The van der Waals surface area contributed by atoms with Crippen LogP contribution in [0.2, 0.25) is 0 Å². The Morgan fingerprint density at radius 1 is 1.47 bits per heavy atom. The Morgan fingerprint density at radius 3 is 2.71 bits per heavy atom. The van der Waals surface area contributed by atoms with E-state index in [-0.39, 0.29) is 12.1 Å². The second kappa shape index (κ2) is 6.18. The fourth-order valence-corrected chi connectivity index (χ4v) is 2.83. The lowest BCUT2D eigenvalue weighted by molar-refractivity contribution is 0.177. The smallest absolute Gasteiger partial charge is 0.421 e. The van der Waals surface area contributed by atoms with Crippen LogP contribution in [0.25, 0.3) is 0 Å². The molecule has 0 saturated carbocycles. The fourth-order valence-electron chi connectivity index (χ4n) is 1.81. The Morgan fingerprint density at radius 2 is 2.18 bits per heavy atom. The van der Waals surface area contributed by atoms with Gasteiger partial charge in [-0.05, 0) is 26.3 Å². The molecule has 1 saturated heterocycles. The van der Waals surface area contributed by atoms with E-state index in [0.29, 0.717) is 0 Å². The second-order valence-electron chi connectivity index (χ2n) is 4.06. The van der Waals surface area contributed by atoms with Crippen molar-refractivity contribution in [2.75, 3.05) is 13.7 Å². The number of nitrogens with one attached hydrogen (secondary N) is 3. The Kier molecular flexibility index (Phi) is 5.16. The Labute approximate surface area is 101 Å². The first-order valence-corrected chi connectivity index (χ1v) is 7.04. The minimum Gasteiger partial charge on any atom is -0.452 e. The molecule has 1 amide bonds. The molecule has 17 heavy (non-hydrogen) atoms. The van der Waals surface area contributed by atoms with E-state index < -0.39 is 16.3 Å². The second-order valence-corrected chi connectivity index (χ2v) is 5.51. The van der Waals surface area contributed by atoms with E-state index in [1.165, 1.54) is 0 Å². The lowest BCUT2D eigenvalue weighted by Crippen LogP contribution is -2.53. The Bertz CT molecular complexity index is 351. The van der Waals surface area contributed by atoms with Gasteiger partial charge < -0.3 is 10.1 Å². The molecule has 1 fully saturated rings. The lowest BCUT2D eigenvalue weighted by atomic mass is 10.00. The van der Waals surface area contributed by atoms with E-state index in [2.05, 4.69) is 14.8 Å². The van der Waals surface area contributed by atoms with E-state index in [9.17, 15) is 13.2 Å². The van der Waals surface area contributed by atoms with Crippen LogP contribution in [0.3, 0.4) is 0 Å². The molecule has 0 aromatic carbocycles. The van der Waals surface area contributed by atoms with Gasteiger partial charge in [-0.15, -0.1) is 0 Å². The first-order valence-electron chi connectivity index (χ1n) is 5.56. The number of hydrogen-bond donors (Lipinski definition) is 3. The van der Waals surface area contributed by atoms with Crippen LogP contribution in [0.1, 0.15) is 26.2 Å². The van der Waals surface area contributed by atoms with Crippen molar-refractivity contribution in [2.24, 2.45) is 0 Å². The summed E-state index contributed by atoms with van der Waals surface area (Å²) in [6, 6.07) is -0.185. The molecule has 0 aromatic heterocycles. The average molecular weight is 265 g/mol. The molecule has 0 radical (unpaired) electrons. The standard InChI is InChI=1S/C9H19N3O4S/c1-7(8-5-3-4-6-10-8)11-17(14,15)12-9(13)16-2/h7-8,10-11H,3-6H2,1-2H3,(H,12,13). The highest BCUT2D eigenvalue weighted by Gasteiger charge is 2.24. The van der Waals surface area contributed by atoms with Gasteiger partial charge in [-0.1, -0.05) is 6.42 Å². The van der Waals surface area contributed by atoms with Crippen LogP contribution in [-0.4, -0.2) is 40.2 Å². The molecule has 3 N–H and O–H groups in total. The third kappa shape index (κ3) is 4.88. The third-order valence-electron chi connectivity index (χ3n) is 2.70. The maximum atomic E-state index is 11.5. The molecule has 1 rings (SSSR count). The van der Waals surface area contributed by atoms with Gasteiger partial charge in [0, 0.05) is 12.1 Å². The van der Waals surface area contributed by atoms with Crippen molar-refractivity contribution in [3.05, 3.63) is 0 Å². The van der Waals surface area contributed by atoms with Gasteiger partial charge in [-0.2, -0.15) is 13.1 Å². The molecule has 1 aliphatic rings. The van der Waals surface area contributed by atoms with Gasteiger partial charge in [-0.3, -0.25) is 0 Å². The van der Waals surface area contributed by atoms with Gasteiger partial charge in [0.2, 0.25) is 0 Å². The summed E-state index contributed by atoms with van der Waals surface area (Å²) < 4.78 is 31.4. The van der Waals surface area contributed by atoms with Gasteiger partial charge in [-0.25, -0.2) is 9.52 Å². The van der Waals surface area contributed by atoms with E-state index in [0.717, 1.165) is 32.9 Å². The Hall–Kier alpha value is -0.860. The zero-order chi connectivity index (χ0) is 12.9. The monoisotopic (exact) mass is 265 g/mol. The highest BCUT2D eigenvalue weighted by molar-refractivity contribution is 7.88. The van der Waals surface area contributed by atoms with Crippen molar-refractivity contribution >= 4 is 16.3 Å². The average Bonchev–Trinajstić information content (AvgIpc) is 2.28. The lowest BCUT2D eigenvalue weighted by Gasteiger charge is -2.29. The molecule has 2 atom stereocenters. The first-order chi connectivity index (χ1) is 7.94. The number of carbonyl (C=O) groups is 1. The summed E-state index contributed by atoms with van der Waals surface area (Å²) in [4.78, 5) is 10.8. The number of methoxy groups -OCH3 is 1. The summed E-state index contributed by atoms with van der Waals surface area (Å²) >= 11 is 0. The number of piperidine rings is 1. The van der Waals surface area contributed by atoms with Crippen molar-refractivity contribution < 1.29 is 17.9 Å². The predicted molar refractivity (Wildman–Crippen MR) is 62.7 cm³/mol. The zero-order valence-electron chi connectivity index (χ0n) is 10.0. The van der Waals surface area contributed by atoms with Crippen LogP contribution in [0.15, 0.2) is 0 Å². The number of hydrogen-bond acceptors (Lipinski definition) is 5. The topological polar surface area (TPSA) is 96.5 Å². The zero-order valence-corrected chi connectivity index (χ0v) is 10.8. The maximum Gasteiger partial charge on any atom is 0.421 e. The van der Waals surface area contributed by atoms with Crippen molar-refractivity contribution in [2.45, 2.75) is 38.3 Å². The van der Waals surface area contributed by atoms with E-state index in [1.807, 2.05) is 0 Å². The molecule has 0 bridgehead atoms. The molecule has 0 aliphatic carbocycles. The molecule has 1 heterocycles. The Balaban J connectivity index is 2.48. The largest absolute Gasteiger partial charge is 0.452 e. The number of rotatable bonds is 4. The minimum atomic E-state index is -3.86. The first kappa shape index (κ1) is 14.2. The molecule has 0 spiro atoms. The van der Waals surface area contributed by atoms with Gasteiger partial charge in [0.1, 0.15) is 0 Å². The molecular weight excluding hydrogens is 246 g/mol. The summed E-state index contributed by atoms with van der Waals surface area (Å²) in [6.45, 7) is 2.65. The maximum absolute atomic E-state index is 11.5. The van der Waals surface area contributed by atoms with Crippen LogP contribution in [0.5, 0.6) is 0 Å². The predicted octanol–water partition coefficient (Wildman–Crippen LogP) is -0.293. The number of carbonyl (C=O) groups excluding carboxylic acids is 1. The van der Waals surface area contributed by atoms with Gasteiger partial charge in [0.15, 0.2) is 0 Å². The van der Waals surface area contributed by atoms with Crippen molar-refractivity contribution in [3.8, 4) is 0 Å². The molecule has 8 heteroatoms. The van der Waals surface area contributed by atoms with Gasteiger partial charge >= 0.3 is 16.3 Å². The summed E-state index contributed by atoms with van der Waals surface area (Å²) in [5.41, 5.74) is 0. The van der Waals surface area contributed by atoms with E-state index in [1.54, 1.807) is 11.6 Å². The van der Waals surface area contributed by atoms with Crippen LogP contribution < -0.4 is 14.8 Å². The van der Waals surface area contributed by atoms with Crippen LogP contribution in [-0.2, 0) is 14.9 Å². The van der Waals surface area contributed by atoms with E-state index >= 15 is 0 Å². The molecule has 2 unspecified atom stereocenters. The summed E-state index contributed by atoms with van der Waals surface area (Å²) in [5, 5.41) is 3.24. The van der Waals surface area contributed by atoms with Gasteiger partial charge in [0.25, 0.3) is 0 Å². The summed E-state index contributed by atoms with van der Waals surface area (Å²) in [5.74, 6) is 0. The SMILES string of the molecule is COC(=O)NS(=O)(=O)NC(C)C1CCCCN1. The minimum absolute atomic E-state index is 0.0953. The van der Waals surface area contributed by atoms with Crippen molar-refractivity contribution in [1.29, 1.82) is 0 Å². The van der Waals surface area contributed by atoms with E-state index in [4.69, 9.17) is 0 Å². The number of ether oxygens (including phenoxy) is 1. The quantitative estimate of drug-likeness (QED) is 0.649. The third-order valence-corrected chi connectivity index (χ3v) is 3.81. The van der Waals surface area contributed by atoms with Gasteiger partial charge in [0.05, 0.1) is 7.11 Å². The van der Waals surface area contributed by atoms with Crippen LogP contribution in [0.4, 0.5) is 4.79 Å². The highest BCUT2D eigenvalue weighted by atomic mass is 32.2. The normalized spacial score (nSPS) is 22.8. The molecule has 100 valence electrons. The summed E-state index contributed by atoms with van der Waals surface area (Å²) in [6.07, 6.45) is 2.10. The fraction of sp³-hybridized carbons (Fsp3) is 0.889. The number of amides is 1. The van der Waals surface area contributed by atoms with Crippen molar-refractivity contribution in [1.82, 2.24) is 14.8 Å². The van der Waals surface area contributed by atoms with Crippen LogP contribution >= 0.6 is 0 Å². The molecule has 0 aromatic rings. The molecule has 7 nitrogen and oxygen atoms in total. The van der Waals surface area contributed by atoms with Crippen molar-refractivity contribution in [3.63, 3.8) is 0 Å². The molecule has 1 aliphatic heterocycles. The molecular formula is C9H19N3O4S. The summed E-state index contributed by atoms with van der Waals surface area (Å²) in [7, 11) is -2.75. The van der Waals surface area contributed by atoms with Crippen LogP contribution in [0, 0.1) is 0 Å².